The number of hydrogen-bond acceptors (Lipinski definition) is 3. The molecule has 2 rings (SSSR count). The highest BCUT2D eigenvalue weighted by molar-refractivity contribution is 9.10. The van der Waals surface area contributed by atoms with Crippen LogP contribution in [-0.4, -0.2) is 11.5 Å². The molecule has 0 atom stereocenters. The highest BCUT2D eigenvalue weighted by Gasteiger charge is 2.16. The summed E-state index contributed by atoms with van der Waals surface area (Å²) in [7, 11) is 0. The van der Waals surface area contributed by atoms with E-state index < -0.39 is 34.8 Å². The van der Waals surface area contributed by atoms with Gasteiger partial charge in [-0.3, -0.25) is 0 Å². The van der Waals surface area contributed by atoms with Crippen LogP contribution in [-0.2, 0) is 0 Å². The third-order valence-corrected chi connectivity index (χ3v) is 2.98. The van der Waals surface area contributed by atoms with E-state index in [2.05, 4.69) is 31.5 Å². The van der Waals surface area contributed by atoms with Crippen molar-refractivity contribution >= 4 is 33.3 Å². The number of aromatic nitrogens is 1. The lowest BCUT2D eigenvalue weighted by atomic mass is 10.3. The quantitative estimate of drug-likeness (QED) is 0.781. The maximum absolute atomic E-state index is 13.7. The zero-order chi connectivity index (χ0) is 15.6. The van der Waals surface area contributed by atoms with Gasteiger partial charge < -0.3 is 10.6 Å². The van der Waals surface area contributed by atoms with Crippen molar-refractivity contribution in [2.75, 3.05) is 17.2 Å². The third-order valence-electron chi connectivity index (χ3n) is 2.52. The molecule has 3 nitrogen and oxygen atoms in total. The fourth-order valence-electron chi connectivity index (χ4n) is 1.63. The summed E-state index contributed by atoms with van der Waals surface area (Å²) in [4.78, 5) is 3.64. The minimum Gasteiger partial charge on any atom is -0.368 e. The molecule has 8 heteroatoms. The molecule has 0 bridgehead atoms. The second-order valence-electron chi connectivity index (χ2n) is 4.05. The van der Waals surface area contributed by atoms with Gasteiger partial charge in [-0.2, -0.15) is 0 Å². The molecule has 0 aliphatic heterocycles. The summed E-state index contributed by atoms with van der Waals surface area (Å²) in [5.41, 5.74) is -0.571. The highest BCUT2D eigenvalue weighted by atomic mass is 79.9. The van der Waals surface area contributed by atoms with E-state index in [0.29, 0.717) is 12.6 Å². The maximum Gasteiger partial charge on any atom is 0.169 e. The van der Waals surface area contributed by atoms with Crippen molar-refractivity contribution in [2.24, 2.45) is 0 Å². The first-order valence-electron chi connectivity index (χ1n) is 5.93. The summed E-state index contributed by atoms with van der Waals surface area (Å²) in [6.45, 7) is 2.06. The van der Waals surface area contributed by atoms with E-state index in [1.54, 1.807) is 6.92 Å². The first-order valence-corrected chi connectivity index (χ1v) is 6.73. The molecule has 0 aliphatic carbocycles. The summed E-state index contributed by atoms with van der Waals surface area (Å²) in [6, 6.07) is 2.61. The zero-order valence-electron chi connectivity index (χ0n) is 10.8. The molecule has 0 saturated carbocycles. The van der Waals surface area contributed by atoms with Crippen LogP contribution in [0.5, 0.6) is 0 Å². The van der Waals surface area contributed by atoms with Crippen molar-refractivity contribution in [2.45, 2.75) is 6.92 Å². The number of hydrogen-bond donors (Lipinski definition) is 2. The second-order valence-corrected chi connectivity index (χ2v) is 4.96. The molecule has 0 spiro atoms. The first kappa shape index (κ1) is 15.6. The predicted molar refractivity (Wildman–Crippen MR) is 75.7 cm³/mol. The standard InChI is InChI=1S/C13H10BrF4N3/c1-2-19-12-9(17)5-10(18)13(21-12)20-11-7(15)3-6(14)4-8(11)16/h3-5H,2H2,1H3,(H2,19,20,21). The van der Waals surface area contributed by atoms with Crippen LogP contribution in [0.25, 0.3) is 0 Å². The number of halogens is 5. The third kappa shape index (κ3) is 3.44. The van der Waals surface area contributed by atoms with E-state index in [-0.39, 0.29) is 10.3 Å². The Morgan fingerprint density at radius 2 is 1.52 bits per heavy atom. The van der Waals surface area contributed by atoms with Crippen molar-refractivity contribution in [3.63, 3.8) is 0 Å². The average molecular weight is 364 g/mol. The Bertz CT molecular complexity index is 656. The summed E-state index contributed by atoms with van der Waals surface area (Å²) >= 11 is 2.93. The van der Waals surface area contributed by atoms with Crippen LogP contribution in [0.15, 0.2) is 22.7 Å². The number of pyridine rings is 1. The predicted octanol–water partition coefficient (Wildman–Crippen LogP) is 4.58. The van der Waals surface area contributed by atoms with Gasteiger partial charge in [0, 0.05) is 17.1 Å². The van der Waals surface area contributed by atoms with Crippen molar-refractivity contribution in [1.29, 1.82) is 0 Å². The van der Waals surface area contributed by atoms with Crippen molar-refractivity contribution < 1.29 is 17.6 Å². The van der Waals surface area contributed by atoms with Gasteiger partial charge in [0.1, 0.15) is 5.69 Å². The molecule has 0 radical (unpaired) electrons. The Labute approximate surface area is 126 Å². The molecule has 112 valence electrons. The van der Waals surface area contributed by atoms with E-state index in [1.807, 2.05) is 0 Å². The zero-order valence-corrected chi connectivity index (χ0v) is 12.4. The van der Waals surface area contributed by atoms with Gasteiger partial charge in [-0.1, -0.05) is 15.9 Å². The highest BCUT2D eigenvalue weighted by Crippen LogP contribution is 2.28. The summed E-state index contributed by atoms with van der Waals surface area (Å²) < 4.78 is 54.6. The van der Waals surface area contributed by atoms with Gasteiger partial charge in [0.25, 0.3) is 0 Å². The summed E-state index contributed by atoms with van der Waals surface area (Å²) in [5.74, 6) is -4.51. The SMILES string of the molecule is CCNc1nc(Nc2c(F)cc(Br)cc2F)c(F)cc1F. The smallest absolute Gasteiger partial charge is 0.169 e. The van der Waals surface area contributed by atoms with Crippen LogP contribution in [0.3, 0.4) is 0 Å². The number of nitrogens with zero attached hydrogens (tertiary/aromatic N) is 1. The van der Waals surface area contributed by atoms with Gasteiger partial charge in [-0.05, 0) is 19.1 Å². The fourth-order valence-corrected chi connectivity index (χ4v) is 2.03. The average Bonchev–Trinajstić information content (AvgIpc) is 2.38. The Morgan fingerprint density at radius 1 is 0.952 bits per heavy atom. The van der Waals surface area contributed by atoms with Crippen molar-refractivity contribution in [3.05, 3.63) is 45.9 Å². The van der Waals surface area contributed by atoms with E-state index in [0.717, 1.165) is 12.1 Å². The molecule has 0 aliphatic rings. The molecule has 1 heterocycles. The monoisotopic (exact) mass is 363 g/mol. The molecule has 2 aromatic rings. The van der Waals surface area contributed by atoms with Crippen LogP contribution < -0.4 is 10.6 Å². The van der Waals surface area contributed by atoms with Crippen LogP contribution in [0.4, 0.5) is 34.9 Å². The lowest BCUT2D eigenvalue weighted by molar-refractivity contribution is 0.575. The van der Waals surface area contributed by atoms with Crippen LogP contribution in [0.2, 0.25) is 0 Å². The van der Waals surface area contributed by atoms with Gasteiger partial charge in [0.05, 0.1) is 0 Å². The van der Waals surface area contributed by atoms with Crippen molar-refractivity contribution in [1.82, 2.24) is 4.98 Å². The largest absolute Gasteiger partial charge is 0.368 e. The van der Waals surface area contributed by atoms with Crippen LogP contribution in [0.1, 0.15) is 6.92 Å². The van der Waals surface area contributed by atoms with Gasteiger partial charge in [-0.25, -0.2) is 22.5 Å². The van der Waals surface area contributed by atoms with E-state index in [1.165, 1.54) is 0 Å². The molecule has 21 heavy (non-hydrogen) atoms. The van der Waals surface area contributed by atoms with Crippen LogP contribution in [0, 0.1) is 23.3 Å². The first-order chi connectivity index (χ1) is 9.92. The number of nitrogens with one attached hydrogen (secondary N) is 2. The number of benzene rings is 1. The Kier molecular flexibility index (Phi) is 4.66. The normalized spacial score (nSPS) is 10.6. The Morgan fingerprint density at radius 3 is 2.10 bits per heavy atom. The maximum atomic E-state index is 13.7. The molecule has 0 fully saturated rings. The van der Waals surface area contributed by atoms with Gasteiger partial charge in [0.2, 0.25) is 0 Å². The molecule has 0 unspecified atom stereocenters. The molecular formula is C13H10BrF4N3. The lowest BCUT2D eigenvalue weighted by Gasteiger charge is -2.12. The van der Waals surface area contributed by atoms with Crippen molar-refractivity contribution in [3.8, 4) is 0 Å². The molecular weight excluding hydrogens is 354 g/mol. The molecule has 0 amide bonds. The topological polar surface area (TPSA) is 37.0 Å². The molecule has 2 N–H and O–H groups in total. The lowest BCUT2D eigenvalue weighted by Crippen LogP contribution is -2.07. The van der Waals surface area contributed by atoms with Crippen LogP contribution >= 0.6 is 15.9 Å². The number of anilines is 3. The van der Waals surface area contributed by atoms with E-state index in [4.69, 9.17) is 0 Å². The minimum atomic E-state index is -1.06. The second kappa shape index (κ2) is 6.30. The van der Waals surface area contributed by atoms with E-state index >= 15 is 0 Å². The van der Waals surface area contributed by atoms with Gasteiger partial charge >= 0.3 is 0 Å². The molecule has 0 saturated heterocycles. The van der Waals surface area contributed by atoms with E-state index in [9.17, 15) is 17.6 Å². The minimum absolute atomic E-state index is 0.198. The molecule has 1 aromatic carbocycles. The van der Waals surface area contributed by atoms with Gasteiger partial charge in [0.15, 0.2) is 34.9 Å². The summed E-state index contributed by atoms with van der Waals surface area (Å²) in [5, 5.41) is 4.78. The fraction of sp³-hybridized carbons (Fsp3) is 0.154. The Hall–Kier alpha value is -1.83. The molecule has 1 aromatic heterocycles. The van der Waals surface area contributed by atoms with Gasteiger partial charge in [-0.15, -0.1) is 0 Å². The summed E-state index contributed by atoms with van der Waals surface area (Å²) in [6.07, 6.45) is 0. The Balaban J connectivity index is 2.42. The number of rotatable bonds is 4.